The highest BCUT2D eigenvalue weighted by atomic mass is 35.5. The summed E-state index contributed by atoms with van der Waals surface area (Å²) in [6.45, 7) is 9.04. The van der Waals surface area contributed by atoms with E-state index in [1.165, 1.54) is 0 Å². The number of allylic oxidation sites excluding steroid dienone is 1. The zero-order chi connectivity index (χ0) is 8.15. The van der Waals surface area contributed by atoms with Gasteiger partial charge in [-0.05, 0) is 32.4 Å². The van der Waals surface area contributed by atoms with Gasteiger partial charge in [-0.15, -0.1) is 0 Å². The van der Waals surface area contributed by atoms with E-state index in [1.54, 1.807) is 6.92 Å². The molecule has 0 amide bonds. The second-order valence-corrected chi connectivity index (χ2v) is 2.51. The molecule has 2 nitrogen and oxygen atoms in total. The third-order valence-electron chi connectivity index (χ3n) is 0.599. The van der Waals surface area contributed by atoms with Crippen molar-refractivity contribution in [3.05, 3.63) is 12.3 Å². The Hall–Kier alpha value is -0.630. The predicted molar refractivity (Wildman–Crippen MR) is 46.9 cm³/mol. The van der Waals surface area contributed by atoms with E-state index in [1.807, 2.05) is 13.8 Å². The maximum atomic E-state index is 5.57. The van der Waals surface area contributed by atoms with Crippen molar-refractivity contribution in [1.82, 2.24) is 0 Å². The largest absolute Gasteiger partial charge is 0.228 e. The first-order valence-electron chi connectivity index (χ1n) is 2.94. The highest BCUT2D eigenvalue weighted by Crippen LogP contribution is 1.96. The van der Waals surface area contributed by atoms with E-state index in [-0.39, 0.29) is 5.29 Å². The van der Waals surface area contributed by atoms with Crippen molar-refractivity contribution in [2.45, 2.75) is 20.8 Å². The molecular weight excluding hydrogens is 148 g/mol. The van der Waals surface area contributed by atoms with Gasteiger partial charge in [0.2, 0.25) is 5.29 Å². The van der Waals surface area contributed by atoms with Gasteiger partial charge in [-0.2, -0.15) is 0 Å². The number of hydrogen-bond acceptors (Lipinski definition) is 1. The lowest BCUT2D eigenvalue weighted by Crippen LogP contribution is -1.87. The number of halogens is 1. The highest BCUT2D eigenvalue weighted by Gasteiger charge is 1.87. The second kappa shape index (κ2) is 4.23. The van der Waals surface area contributed by atoms with Crippen molar-refractivity contribution in [2.24, 2.45) is 9.98 Å². The van der Waals surface area contributed by atoms with Crippen LogP contribution in [-0.2, 0) is 0 Å². The minimum absolute atomic E-state index is 0.243. The van der Waals surface area contributed by atoms with Crippen LogP contribution in [0.25, 0.3) is 0 Å². The Balaban J connectivity index is 4.22. The number of nitrogens with zero attached hydrogens (tertiary/aromatic N) is 2. The van der Waals surface area contributed by atoms with Gasteiger partial charge in [-0.1, -0.05) is 6.58 Å². The fourth-order valence-corrected chi connectivity index (χ4v) is 0.680. The molecule has 0 spiro atoms. The molecule has 0 aliphatic heterocycles. The molecule has 10 heavy (non-hydrogen) atoms. The third-order valence-corrected chi connectivity index (χ3v) is 0.768. The average Bonchev–Trinajstić information content (AvgIpc) is 1.58. The molecule has 0 saturated heterocycles. The van der Waals surface area contributed by atoms with Crippen molar-refractivity contribution in [1.29, 1.82) is 0 Å². The van der Waals surface area contributed by atoms with Gasteiger partial charge in [0.1, 0.15) is 0 Å². The topological polar surface area (TPSA) is 24.7 Å². The Bertz CT molecular complexity index is 188. The van der Waals surface area contributed by atoms with E-state index in [9.17, 15) is 0 Å². The van der Waals surface area contributed by atoms with Crippen molar-refractivity contribution in [2.75, 3.05) is 0 Å². The van der Waals surface area contributed by atoms with Gasteiger partial charge < -0.3 is 0 Å². The summed E-state index contributed by atoms with van der Waals surface area (Å²) >= 11 is 5.57. The van der Waals surface area contributed by atoms with Crippen molar-refractivity contribution < 1.29 is 0 Å². The van der Waals surface area contributed by atoms with Crippen LogP contribution in [0, 0.1) is 0 Å². The molecule has 0 N–H and O–H groups in total. The van der Waals surface area contributed by atoms with E-state index in [2.05, 4.69) is 16.6 Å². The van der Waals surface area contributed by atoms with Crippen LogP contribution < -0.4 is 0 Å². The van der Waals surface area contributed by atoms with Crippen LogP contribution in [0.15, 0.2) is 22.3 Å². The third kappa shape index (κ3) is 5.51. The summed E-state index contributed by atoms with van der Waals surface area (Å²) in [5.41, 5.74) is 1.55. The Morgan fingerprint density at radius 3 is 2.00 bits per heavy atom. The lowest BCUT2D eigenvalue weighted by Gasteiger charge is -1.89. The van der Waals surface area contributed by atoms with Gasteiger partial charge in [0.05, 0.1) is 0 Å². The lowest BCUT2D eigenvalue weighted by molar-refractivity contribution is 1.32. The van der Waals surface area contributed by atoms with Crippen molar-refractivity contribution in [3.63, 3.8) is 0 Å². The SMILES string of the molecule is C=C(C)/N=C(/Cl)N=C(C)C. The molecule has 0 radical (unpaired) electrons. The smallest absolute Gasteiger partial charge is 0.222 e. The monoisotopic (exact) mass is 158 g/mol. The highest BCUT2D eigenvalue weighted by molar-refractivity contribution is 6.65. The van der Waals surface area contributed by atoms with Gasteiger partial charge >= 0.3 is 0 Å². The summed E-state index contributed by atoms with van der Waals surface area (Å²) in [4.78, 5) is 7.71. The molecule has 0 heterocycles. The summed E-state index contributed by atoms with van der Waals surface area (Å²) < 4.78 is 0. The molecule has 0 bridgehead atoms. The van der Waals surface area contributed by atoms with E-state index >= 15 is 0 Å². The lowest BCUT2D eigenvalue weighted by atomic mass is 10.5. The van der Waals surface area contributed by atoms with Crippen LogP contribution in [0.5, 0.6) is 0 Å². The van der Waals surface area contributed by atoms with Gasteiger partial charge in [0.15, 0.2) is 0 Å². The maximum absolute atomic E-state index is 5.57. The fourth-order valence-electron chi connectivity index (χ4n) is 0.367. The van der Waals surface area contributed by atoms with Crippen LogP contribution in [0.1, 0.15) is 20.8 Å². The molecule has 0 aliphatic rings. The molecule has 3 heteroatoms. The summed E-state index contributed by atoms with van der Waals surface area (Å²) in [5.74, 6) is 0. The standard InChI is InChI=1S/C7H11ClN2/c1-5(2)9-7(8)10-6(3)4/h1H2,2-4H3/b9-7-. The summed E-state index contributed by atoms with van der Waals surface area (Å²) in [7, 11) is 0. The predicted octanol–water partition coefficient (Wildman–Crippen LogP) is 2.60. The van der Waals surface area contributed by atoms with Crippen LogP contribution in [-0.4, -0.2) is 11.0 Å². The Morgan fingerprint density at radius 2 is 1.70 bits per heavy atom. The normalized spacial score (nSPS) is 11.0. The van der Waals surface area contributed by atoms with E-state index in [4.69, 9.17) is 11.6 Å². The van der Waals surface area contributed by atoms with E-state index in [0.717, 1.165) is 5.71 Å². The Kier molecular flexibility index (Phi) is 3.96. The van der Waals surface area contributed by atoms with Crippen LogP contribution in [0.2, 0.25) is 0 Å². The van der Waals surface area contributed by atoms with Gasteiger partial charge in [0.25, 0.3) is 0 Å². The molecule has 0 unspecified atom stereocenters. The molecule has 0 aliphatic carbocycles. The molecule has 0 saturated carbocycles. The van der Waals surface area contributed by atoms with Crippen LogP contribution in [0.4, 0.5) is 0 Å². The number of aliphatic imine (C=N–C) groups is 2. The fraction of sp³-hybridized carbons (Fsp3) is 0.429. The van der Waals surface area contributed by atoms with E-state index in [0.29, 0.717) is 5.70 Å². The number of hydrogen-bond donors (Lipinski definition) is 0. The van der Waals surface area contributed by atoms with Crippen molar-refractivity contribution >= 4 is 22.6 Å². The average molecular weight is 159 g/mol. The van der Waals surface area contributed by atoms with Gasteiger partial charge in [-0.3, -0.25) is 0 Å². The first kappa shape index (κ1) is 9.37. The molecule has 0 atom stereocenters. The summed E-state index contributed by atoms with van der Waals surface area (Å²) in [6, 6.07) is 0. The zero-order valence-electron chi connectivity index (χ0n) is 6.48. The van der Waals surface area contributed by atoms with Crippen LogP contribution >= 0.6 is 11.6 Å². The number of amidine groups is 1. The molecular formula is C7H11ClN2. The first-order valence-corrected chi connectivity index (χ1v) is 3.31. The second-order valence-electron chi connectivity index (χ2n) is 2.18. The minimum atomic E-state index is 0.243. The number of rotatable bonds is 1. The van der Waals surface area contributed by atoms with Crippen molar-refractivity contribution in [3.8, 4) is 0 Å². The zero-order valence-corrected chi connectivity index (χ0v) is 7.24. The van der Waals surface area contributed by atoms with Gasteiger partial charge in [0, 0.05) is 11.4 Å². The molecule has 56 valence electrons. The first-order chi connectivity index (χ1) is 4.52. The van der Waals surface area contributed by atoms with E-state index < -0.39 is 0 Å². The Morgan fingerprint density at radius 1 is 1.20 bits per heavy atom. The molecule has 0 aromatic rings. The molecule has 0 aromatic carbocycles. The van der Waals surface area contributed by atoms with Crippen LogP contribution in [0.3, 0.4) is 0 Å². The van der Waals surface area contributed by atoms with Gasteiger partial charge in [-0.25, -0.2) is 9.98 Å². The summed E-state index contributed by atoms with van der Waals surface area (Å²) in [5, 5.41) is 0.243. The molecule has 0 rings (SSSR count). The molecule has 0 aromatic heterocycles. The minimum Gasteiger partial charge on any atom is -0.228 e. The Labute approximate surface area is 66.3 Å². The quantitative estimate of drug-likeness (QED) is 0.319. The summed E-state index contributed by atoms with van der Waals surface area (Å²) in [6.07, 6.45) is 0. The molecule has 0 fully saturated rings. The maximum Gasteiger partial charge on any atom is 0.222 e.